The molecule has 1 fully saturated rings. The Morgan fingerprint density at radius 1 is 1.22 bits per heavy atom. The Morgan fingerprint density at radius 3 is 2.74 bits per heavy atom. The molecule has 3 rings (SSSR count). The van der Waals surface area contributed by atoms with Crippen molar-refractivity contribution in [3.63, 3.8) is 0 Å². The highest BCUT2D eigenvalue weighted by molar-refractivity contribution is 5.68. The second-order valence-corrected chi connectivity index (χ2v) is 5.98. The zero-order valence-corrected chi connectivity index (χ0v) is 15.6. The van der Waals surface area contributed by atoms with Gasteiger partial charge in [0.2, 0.25) is 5.95 Å². The second-order valence-electron chi connectivity index (χ2n) is 5.98. The summed E-state index contributed by atoms with van der Waals surface area (Å²) < 4.78 is 10.4. The van der Waals surface area contributed by atoms with E-state index < -0.39 is 0 Å². The van der Waals surface area contributed by atoms with E-state index in [9.17, 15) is 4.79 Å². The molecule has 0 aliphatic carbocycles. The van der Waals surface area contributed by atoms with E-state index in [1.165, 1.54) is 0 Å². The molecule has 9 nitrogen and oxygen atoms in total. The molecule has 0 saturated carbocycles. The van der Waals surface area contributed by atoms with Crippen LogP contribution in [0.4, 0.5) is 16.6 Å². The third kappa shape index (κ3) is 4.75. The first-order valence-electron chi connectivity index (χ1n) is 8.93. The number of anilines is 2. The lowest BCUT2D eigenvalue weighted by atomic mass is 10.2. The van der Waals surface area contributed by atoms with Gasteiger partial charge < -0.3 is 24.6 Å². The van der Waals surface area contributed by atoms with Crippen LogP contribution in [0.15, 0.2) is 30.5 Å². The van der Waals surface area contributed by atoms with Gasteiger partial charge in [-0.25, -0.2) is 4.79 Å². The lowest BCUT2D eigenvalue weighted by molar-refractivity contribution is 0.105. The fraction of sp³-hybridized carbons (Fsp3) is 0.444. The summed E-state index contributed by atoms with van der Waals surface area (Å²) in [5.41, 5.74) is 1.01. The highest BCUT2D eigenvalue weighted by Gasteiger charge is 2.23. The van der Waals surface area contributed by atoms with Crippen molar-refractivity contribution < 1.29 is 14.3 Å². The minimum atomic E-state index is -0.267. The average molecular weight is 372 g/mol. The maximum atomic E-state index is 11.8. The molecule has 2 heterocycles. The maximum absolute atomic E-state index is 11.8. The number of benzene rings is 1. The highest BCUT2D eigenvalue weighted by Crippen LogP contribution is 2.19. The number of nitrogens with one attached hydrogen (secondary N) is 1. The zero-order valence-electron chi connectivity index (χ0n) is 15.6. The minimum absolute atomic E-state index is 0.267. The van der Waals surface area contributed by atoms with Gasteiger partial charge in [-0.3, -0.25) is 0 Å². The molecule has 1 saturated heterocycles. The van der Waals surface area contributed by atoms with Gasteiger partial charge in [-0.1, -0.05) is 18.2 Å². The van der Waals surface area contributed by atoms with E-state index in [4.69, 9.17) is 9.47 Å². The molecule has 144 valence electrons. The topological polar surface area (TPSA) is 92.7 Å². The molecule has 0 bridgehead atoms. The largest absolute Gasteiger partial charge is 0.496 e. The van der Waals surface area contributed by atoms with E-state index in [0.717, 1.165) is 17.1 Å². The molecule has 1 aromatic heterocycles. The van der Waals surface area contributed by atoms with Gasteiger partial charge in [-0.05, 0) is 13.0 Å². The Balaban J connectivity index is 1.59. The normalized spacial score (nSPS) is 14.0. The Morgan fingerprint density at radius 2 is 2.00 bits per heavy atom. The van der Waals surface area contributed by atoms with Crippen molar-refractivity contribution in [1.29, 1.82) is 0 Å². The van der Waals surface area contributed by atoms with Crippen LogP contribution in [0.25, 0.3) is 0 Å². The molecule has 0 radical (unpaired) electrons. The summed E-state index contributed by atoms with van der Waals surface area (Å²) in [6, 6.07) is 7.78. The molecule has 1 N–H and O–H groups in total. The maximum Gasteiger partial charge on any atom is 0.409 e. The van der Waals surface area contributed by atoms with Crippen molar-refractivity contribution in [3.05, 3.63) is 36.0 Å². The molecule has 0 unspecified atom stereocenters. The predicted molar refractivity (Wildman–Crippen MR) is 101 cm³/mol. The van der Waals surface area contributed by atoms with Gasteiger partial charge >= 0.3 is 6.09 Å². The minimum Gasteiger partial charge on any atom is -0.496 e. The summed E-state index contributed by atoms with van der Waals surface area (Å²) in [5.74, 6) is 1.99. The van der Waals surface area contributed by atoms with Crippen molar-refractivity contribution >= 4 is 17.9 Å². The van der Waals surface area contributed by atoms with Crippen LogP contribution in [0.5, 0.6) is 5.75 Å². The number of piperazine rings is 1. The Labute approximate surface area is 158 Å². The van der Waals surface area contributed by atoms with Gasteiger partial charge in [0.1, 0.15) is 5.75 Å². The summed E-state index contributed by atoms with van der Waals surface area (Å²) in [5, 5.41) is 11.3. The number of rotatable bonds is 6. The second kappa shape index (κ2) is 9.02. The SMILES string of the molecule is CCOC(=O)N1CCN(c2cnnc(NCc3ccccc3OC)n2)CC1. The number of para-hydroxylation sites is 1. The molecule has 1 aliphatic rings. The van der Waals surface area contributed by atoms with Crippen molar-refractivity contribution in [2.24, 2.45) is 0 Å². The highest BCUT2D eigenvalue weighted by atomic mass is 16.6. The first-order valence-corrected chi connectivity index (χ1v) is 8.93. The van der Waals surface area contributed by atoms with Crippen LogP contribution in [-0.2, 0) is 11.3 Å². The number of carbonyl (C=O) groups excluding carboxylic acids is 1. The monoisotopic (exact) mass is 372 g/mol. The summed E-state index contributed by atoms with van der Waals surface area (Å²) in [4.78, 5) is 20.1. The first-order chi connectivity index (χ1) is 13.2. The van der Waals surface area contributed by atoms with E-state index in [2.05, 4.69) is 25.4 Å². The van der Waals surface area contributed by atoms with Crippen LogP contribution in [0.2, 0.25) is 0 Å². The van der Waals surface area contributed by atoms with Gasteiger partial charge in [-0.15, -0.1) is 5.10 Å². The van der Waals surface area contributed by atoms with Crippen LogP contribution in [-0.4, -0.2) is 66.1 Å². The zero-order chi connectivity index (χ0) is 19.1. The van der Waals surface area contributed by atoms with Crippen LogP contribution < -0.4 is 15.0 Å². The van der Waals surface area contributed by atoms with Crippen molar-refractivity contribution in [1.82, 2.24) is 20.1 Å². The van der Waals surface area contributed by atoms with Gasteiger partial charge in [0.15, 0.2) is 5.82 Å². The molecule has 9 heteroatoms. The Bertz CT molecular complexity index is 764. The van der Waals surface area contributed by atoms with Crippen LogP contribution in [0.3, 0.4) is 0 Å². The van der Waals surface area contributed by atoms with E-state index in [1.54, 1.807) is 25.1 Å². The van der Waals surface area contributed by atoms with E-state index in [1.807, 2.05) is 24.3 Å². The van der Waals surface area contributed by atoms with Gasteiger partial charge in [0.05, 0.1) is 19.9 Å². The number of amides is 1. The molecule has 1 amide bonds. The van der Waals surface area contributed by atoms with Crippen LogP contribution in [0, 0.1) is 0 Å². The van der Waals surface area contributed by atoms with Crippen LogP contribution in [0.1, 0.15) is 12.5 Å². The number of methoxy groups -OCH3 is 1. The van der Waals surface area contributed by atoms with E-state index >= 15 is 0 Å². The Kier molecular flexibility index (Phi) is 6.24. The summed E-state index contributed by atoms with van der Waals surface area (Å²) in [7, 11) is 1.65. The Hall–Kier alpha value is -3.10. The molecule has 0 atom stereocenters. The molecule has 1 aromatic carbocycles. The lowest BCUT2D eigenvalue weighted by Crippen LogP contribution is -2.49. The quantitative estimate of drug-likeness (QED) is 0.820. The lowest BCUT2D eigenvalue weighted by Gasteiger charge is -2.34. The summed E-state index contributed by atoms with van der Waals surface area (Å²) in [6.45, 7) is 5.24. The summed E-state index contributed by atoms with van der Waals surface area (Å²) >= 11 is 0. The molecule has 27 heavy (non-hydrogen) atoms. The van der Waals surface area contributed by atoms with E-state index in [-0.39, 0.29) is 6.09 Å². The number of carbonyl (C=O) groups is 1. The van der Waals surface area contributed by atoms with Gasteiger partial charge in [0.25, 0.3) is 0 Å². The standard InChI is InChI=1S/C18H24N6O3/c1-3-27-18(25)24-10-8-23(9-11-24)16-13-20-22-17(21-16)19-12-14-6-4-5-7-15(14)26-2/h4-7,13H,3,8-12H2,1-2H3,(H,19,21,22). The predicted octanol–water partition coefficient (Wildman–Crippen LogP) is 1.77. The van der Waals surface area contributed by atoms with Crippen LogP contribution >= 0.6 is 0 Å². The first kappa shape index (κ1) is 18.7. The van der Waals surface area contributed by atoms with Crippen molar-refractivity contribution in [2.75, 3.05) is 50.1 Å². The summed E-state index contributed by atoms with van der Waals surface area (Å²) in [6.07, 6.45) is 1.37. The van der Waals surface area contributed by atoms with E-state index in [0.29, 0.717) is 45.3 Å². The number of aromatic nitrogens is 3. The molecule has 1 aliphatic heterocycles. The van der Waals surface area contributed by atoms with Gasteiger partial charge in [0, 0.05) is 38.3 Å². The smallest absolute Gasteiger partial charge is 0.409 e. The number of hydrogen-bond donors (Lipinski definition) is 1. The molecule has 2 aromatic rings. The van der Waals surface area contributed by atoms with Crippen molar-refractivity contribution in [3.8, 4) is 5.75 Å². The fourth-order valence-corrected chi connectivity index (χ4v) is 2.88. The number of hydrogen-bond acceptors (Lipinski definition) is 8. The third-order valence-corrected chi connectivity index (χ3v) is 4.31. The molecule has 0 spiro atoms. The average Bonchev–Trinajstić information content (AvgIpc) is 2.73. The number of ether oxygens (including phenoxy) is 2. The van der Waals surface area contributed by atoms with Crippen molar-refractivity contribution in [2.45, 2.75) is 13.5 Å². The number of nitrogens with zero attached hydrogens (tertiary/aromatic N) is 5. The fourth-order valence-electron chi connectivity index (χ4n) is 2.88. The van der Waals surface area contributed by atoms with Gasteiger partial charge in [-0.2, -0.15) is 10.1 Å². The molecular weight excluding hydrogens is 348 g/mol. The molecular formula is C18H24N6O3. The third-order valence-electron chi connectivity index (χ3n) is 4.31.